The molecule has 0 saturated heterocycles. The van der Waals surface area contributed by atoms with Crippen LogP contribution >= 0.6 is 15.9 Å². The third-order valence-corrected chi connectivity index (χ3v) is 3.34. The van der Waals surface area contributed by atoms with Gasteiger partial charge in [-0.25, -0.2) is 0 Å². The highest BCUT2D eigenvalue weighted by Crippen LogP contribution is 2.25. The third-order valence-electron chi connectivity index (χ3n) is 2.72. The van der Waals surface area contributed by atoms with E-state index in [1.54, 1.807) is 21.3 Å². The van der Waals surface area contributed by atoms with Crippen LogP contribution in [-0.2, 0) is 11.3 Å². The Morgan fingerprint density at radius 1 is 1.30 bits per heavy atom. The van der Waals surface area contributed by atoms with Crippen molar-refractivity contribution in [1.82, 2.24) is 10.6 Å². The normalized spacial score (nSPS) is 11.3. The molecule has 0 bridgehead atoms. The monoisotopic (exact) mass is 343 g/mol. The van der Waals surface area contributed by atoms with E-state index in [1.807, 2.05) is 18.2 Å². The summed E-state index contributed by atoms with van der Waals surface area (Å²) in [5.74, 6) is 1.61. The lowest BCUT2D eigenvalue weighted by Crippen LogP contribution is -2.37. The summed E-state index contributed by atoms with van der Waals surface area (Å²) in [6.45, 7) is 2.28. The third kappa shape index (κ3) is 5.79. The van der Waals surface area contributed by atoms with Crippen molar-refractivity contribution in [3.05, 3.63) is 28.2 Å². The van der Waals surface area contributed by atoms with E-state index in [1.165, 1.54) is 0 Å². The van der Waals surface area contributed by atoms with Crippen LogP contribution in [0.15, 0.2) is 27.7 Å². The maximum Gasteiger partial charge on any atom is 0.191 e. The molecule has 20 heavy (non-hydrogen) atoms. The molecule has 0 heterocycles. The fourth-order valence-corrected chi connectivity index (χ4v) is 2.24. The van der Waals surface area contributed by atoms with E-state index in [9.17, 15) is 0 Å². The van der Waals surface area contributed by atoms with E-state index in [2.05, 4.69) is 31.6 Å². The number of aliphatic imine (C=N–C) groups is 1. The van der Waals surface area contributed by atoms with Crippen LogP contribution < -0.4 is 15.4 Å². The van der Waals surface area contributed by atoms with Gasteiger partial charge in [0.05, 0.1) is 11.6 Å². The highest BCUT2D eigenvalue weighted by molar-refractivity contribution is 9.10. The maximum atomic E-state index is 5.21. The topological polar surface area (TPSA) is 54.9 Å². The van der Waals surface area contributed by atoms with Gasteiger partial charge in [0.15, 0.2) is 5.96 Å². The first kappa shape index (κ1) is 16.8. The molecule has 0 aromatic heterocycles. The Labute approximate surface area is 128 Å². The molecule has 2 N–H and O–H groups in total. The van der Waals surface area contributed by atoms with Gasteiger partial charge in [-0.1, -0.05) is 6.07 Å². The van der Waals surface area contributed by atoms with Crippen LogP contribution in [0.25, 0.3) is 0 Å². The second-order valence-corrected chi connectivity index (χ2v) is 5.02. The van der Waals surface area contributed by atoms with Crippen molar-refractivity contribution in [1.29, 1.82) is 0 Å². The first-order valence-corrected chi connectivity index (χ1v) is 7.26. The minimum absolute atomic E-state index is 0.701. The minimum atomic E-state index is 0.701. The Morgan fingerprint density at radius 3 is 2.70 bits per heavy atom. The van der Waals surface area contributed by atoms with E-state index < -0.39 is 0 Å². The Balaban J connectivity index is 2.42. The summed E-state index contributed by atoms with van der Waals surface area (Å²) in [5.41, 5.74) is 1.15. The van der Waals surface area contributed by atoms with Crippen molar-refractivity contribution < 1.29 is 9.47 Å². The number of rotatable bonds is 7. The van der Waals surface area contributed by atoms with Crippen LogP contribution in [0.2, 0.25) is 0 Å². The van der Waals surface area contributed by atoms with E-state index in [-0.39, 0.29) is 0 Å². The van der Waals surface area contributed by atoms with Crippen LogP contribution in [0.1, 0.15) is 12.0 Å². The van der Waals surface area contributed by atoms with Gasteiger partial charge in [-0.2, -0.15) is 0 Å². The second kappa shape index (κ2) is 9.61. The van der Waals surface area contributed by atoms with Gasteiger partial charge in [0.1, 0.15) is 5.75 Å². The zero-order chi connectivity index (χ0) is 14.8. The lowest BCUT2D eigenvalue weighted by molar-refractivity contribution is 0.195. The van der Waals surface area contributed by atoms with Crippen LogP contribution in [-0.4, -0.2) is 40.4 Å². The smallest absolute Gasteiger partial charge is 0.191 e. The van der Waals surface area contributed by atoms with Crippen LogP contribution in [0.5, 0.6) is 5.75 Å². The zero-order valence-corrected chi connectivity index (χ0v) is 13.8. The van der Waals surface area contributed by atoms with Gasteiger partial charge < -0.3 is 20.1 Å². The molecule has 1 aromatic carbocycles. The standard InChI is InChI=1S/C14H22BrN3O2/c1-16-14(17-7-4-8-19-2)18-10-11-5-6-13(20-3)12(15)9-11/h5-6,9H,4,7-8,10H2,1-3H3,(H2,16,17,18). The summed E-state index contributed by atoms with van der Waals surface area (Å²) in [6, 6.07) is 5.99. The van der Waals surface area contributed by atoms with Crippen LogP contribution in [0.3, 0.4) is 0 Å². The van der Waals surface area contributed by atoms with Gasteiger partial charge in [0.25, 0.3) is 0 Å². The summed E-state index contributed by atoms with van der Waals surface area (Å²) in [4.78, 5) is 4.17. The molecular formula is C14H22BrN3O2. The van der Waals surface area contributed by atoms with Gasteiger partial charge in [0, 0.05) is 33.9 Å². The number of nitrogens with one attached hydrogen (secondary N) is 2. The molecule has 1 aromatic rings. The van der Waals surface area contributed by atoms with Gasteiger partial charge in [-0.05, 0) is 40.0 Å². The van der Waals surface area contributed by atoms with E-state index in [0.717, 1.165) is 41.3 Å². The minimum Gasteiger partial charge on any atom is -0.496 e. The van der Waals surface area contributed by atoms with E-state index in [4.69, 9.17) is 9.47 Å². The molecule has 5 nitrogen and oxygen atoms in total. The van der Waals surface area contributed by atoms with Crippen molar-refractivity contribution in [3.63, 3.8) is 0 Å². The molecular weight excluding hydrogens is 322 g/mol. The quantitative estimate of drug-likeness (QED) is 0.452. The lowest BCUT2D eigenvalue weighted by Gasteiger charge is -2.12. The van der Waals surface area contributed by atoms with Crippen molar-refractivity contribution in [2.75, 3.05) is 34.4 Å². The van der Waals surface area contributed by atoms with Gasteiger partial charge in [0.2, 0.25) is 0 Å². The molecule has 0 spiro atoms. The fourth-order valence-electron chi connectivity index (χ4n) is 1.65. The Kier molecular flexibility index (Phi) is 8.06. The average molecular weight is 344 g/mol. The molecule has 0 amide bonds. The fraction of sp³-hybridized carbons (Fsp3) is 0.500. The molecule has 0 unspecified atom stereocenters. The highest BCUT2D eigenvalue weighted by Gasteiger charge is 2.02. The first-order chi connectivity index (χ1) is 9.71. The second-order valence-electron chi connectivity index (χ2n) is 4.17. The summed E-state index contributed by atoms with van der Waals surface area (Å²) >= 11 is 3.48. The Hall–Kier alpha value is -1.27. The number of methoxy groups -OCH3 is 2. The number of halogens is 1. The largest absolute Gasteiger partial charge is 0.496 e. The molecule has 0 aliphatic heterocycles. The number of hydrogen-bond acceptors (Lipinski definition) is 3. The predicted molar refractivity (Wildman–Crippen MR) is 85.4 cm³/mol. The van der Waals surface area contributed by atoms with Crippen molar-refractivity contribution in [2.45, 2.75) is 13.0 Å². The molecule has 112 valence electrons. The number of guanidine groups is 1. The SMILES string of the molecule is CN=C(NCCCOC)NCc1ccc(OC)c(Br)c1. The van der Waals surface area contributed by atoms with Gasteiger partial charge in [-0.3, -0.25) is 4.99 Å². The average Bonchev–Trinajstić information content (AvgIpc) is 2.46. The van der Waals surface area contributed by atoms with E-state index in [0.29, 0.717) is 6.54 Å². The molecule has 0 fully saturated rings. The lowest BCUT2D eigenvalue weighted by atomic mass is 10.2. The first-order valence-electron chi connectivity index (χ1n) is 6.47. The molecule has 0 atom stereocenters. The molecule has 0 aliphatic rings. The number of ether oxygens (including phenoxy) is 2. The van der Waals surface area contributed by atoms with E-state index >= 15 is 0 Å². The summed E-state index contributed by atoms with van der Waals surface area (Å²) in [5, 5.41) is 6.50. The van der Waals surface area contributed by atoms with Crippen LogP contribution in [0.4, 0.5) is 0 Å². The van der Waals surface area contributed by atoms with Crippen LogP contribution in [0, 0.1) is 0 Å². The predicted octanol–water partition coefficient (Wildman–Crippen LogP) is 2.16. The molecule has 1 rings (SSSR count). The number of benzene rings is 1. The highest BCUT2D eigenvalue weighted by atomic mass is 79.9. The Bertz CT molecular complexity index is 438. The molecule has 0 radical (unpaired) electrons. The summed E-state index contributed by atoms with van der Waals surface area (Å²) in [6.07, 6.45) is 0.950. The molecule has 0 saturated carbocycles. The van der Waals surface area contributed by atoms with Crippen molar-refractivity contribution >= 4 is 21.9 Å². The summed E-state index contributed by atoms with van der Waals surface area (Å²) in [7, 11) is 5.12. The van der Waals surface area contributed by atoms with Crippen molar-refractivity contribution in [3.8, 4) is 5.75 Å². The number of hydrogen-bond donors (Lipinski definition) is 2. The zero-order valence-electron chi connectivity index (χ0n) is 12.2. The Morgan fingerprint density at radius 2 is 2.10 bits per heavy atom. The maximum absolute atomic E-state index is 5.21. The molecule has 6 heteroatoms. The summed E-state index contributed by atoms with van der Waals surface area (Å²) < 4.78 is 11.2. The van der Waals surface area contributed by atoms with Gasteiger partial charge in [-0.15, -0.1) is 0 Å². The van der Waals surface area contributed by atoms with Gasteiger partial charge >= 0.3 is 0 Å². The number of nitrogens with zero attached hydrogens (tertiary/aromatic N) is 1. The van der Waals surface area contributed by atoms with Crippen molar-refractivity contribution in [2.24, 2.45) is 4.99 Å². The molecule has 0 aliphatic carbocycles.